The minimum absolute atomic E-state index is 0.639. The molecular formula is C13H13N5. The topological polar surface area (TPSA) is 69.1 Å². The van der Waals surface area contributed by atoms with Gasteiger partial charge in [0.25, 0.3) is 5.78 Å². The van der Waals surface area contributed by atoms with Crippen molar-refractivity contribution in [2.45, 2.75) is 12.8 Å². The third-order valence-corrected chi connectivity index (χ3v) is 2.85. The maximum atomic E-state index is 5.75. The molecule has 0 saturated carbocycles. The molecule has 0 atom stereocenters. The maximum Gasteiger partial charge on any atom is 0.254 e. The Bertz CT molecular complexity index is 674. The summed E-state index contributed by atoms with van der Waals surface area (Å²) in [4.78, 5) is 4.14. The number of hydrogen-bond donors (Lipinski definition) is 1. The van der Waals surface area contributed by atoms with Gasteiger partial charge in [-0.3, -0.25) is 4.40 Å². The second kappa shape index (κ2) is 4.44. The molecule has 0 radical (unpaired) electrons. The van der Waals surface area contributed by atoms with Gasteiger partial charge in [-0.15, -0.1) is 10.2 Å². The molecular weight excluding hydrogens is 226 g/mol. The quantitative estimate of drug-likeness (QED) is 0.703. The van der Waals surface area contributed by atoms with Gasteiger partial charge in [0.05, 0.1) is 0 Å². The van der Waals surface area contributed by atoms with Crippen LogP contribution in [0.4, 0.5) is 5.69 Å². The molecule has 1 aromatic carbocycles. The molecule has 0 amide bonds. The zero-order chi connectivity index (χ0) is 12.4. The number of nitrogens with zero attached hydrogens (tertiary/aromatic N) is 4. The maximum absolute atomic E-state index is 5.75. The summed E-state index contributed by atoms with van der Waals surface area (Å²) in [5.41, 5.74) is 7.75. The van der Waals surface area contributed by atoms with E-state index in [9.17, 15) is 0 Å². The minimum Gasteiger partial charge on any atom is -0.399 e. The van der Waals surface area contributed by atoms with Crippen molar-refractivity contribution >= 4 is 11.5 Å². The second-order valence-corrected chi connectivity index (χ2v) is 4.15. The van der Waals surface area contributed by atoms with Crippen LogP contribution < -0.4 is 5.73 Å². The molecule has 0 fully saturated rings. The Kier molecular flexibility index (Phi) is 2.64. The molecule has 5 heteroatoms. The molecule has 0 unspecified atom stereocenters. The van der Waals surface area contributed by atoms with Gasteiger partial charge in [-0.1, -0.05) is 12.1 Å². The molecule has 2 aromatic heterocycles. The molecule has 90 valence electrons. The van der Waals surface area contributed by atoms with Gasteiger partial charge in [0.15, 0.2) is 0 Å². The zero-order valence-corrected chi connectivity index (χ0v) is 9.82. The van der Waals surface area contributed by atoms with Crippen molar-refractivity contribution in [3.63, 3.8) is 0 Å². The molecule has 5 nitrogen and oxygen atoms in total. The lowest BCUT2D eigenvalue weighted by atomic mass is 10.1. The molecule has 0 saturated heterocycles. The van der Waals surface area contributed by atoms with Crippen LogP contribution in [-0.4, -0.2) is 19.6 Å². The summed E-state index contributed by atoms with van der Waals surface area (Å²) in [6.45, 7) is 0. The monoisotopic (exact) mass is 239 g/mol. The summed E-state index contributed by atoms with van der Waals surface area (Å²) in [7, 11) is 0. The van der Waals surface area contributed by atoms with Crippen molar-refractivity contribution in [3.8, 4) is 0 Å². The molecule has 0 aliphatic carbocycles. The normalized spacial score (nSPS) is 10.9. The molecule has 0 aliphatic heterocycles. The van der Waals surface area contributed by atoms with Gasteiger partial charge in [0, 0.05) is 24.5 Å². The van der Waals surface area contributed by atoms with E-state index in [1.54, 1.807) is 6.20 Å². The van der Waals surface area contributed by atoms with E-state index in [2.05, 4.69) is 21.2 Å². The van der Waals surface area contributed by atoms with E-state index in [4.69, 9.17) is 5.73 Å². The SMILES string of the molecule is Nc1cccc(CCc2nnc3ncccn23)c1. The first kappa shape index (κ1) is 10.7. The van der Waals surface area contributed by atoms with Gasteiger partial charge in [0.2, 0.25) is 0 Å². The lowest BCUT2D eigenvalue weighted by molar-refractivity contribution is 0.838. The van der Waals surface area contributed by atoms with Crippen molar-refractivity contribution in [1.82, 2.24) is 19.6 Å². The van der Waals surface area contributed by atoms with Crippen LogP contribution >= 0.6 is 0 Å². The van der Waals surface area contributed by atoms with Crippen LogP contribution in [0.1, 0.15) is 11.4 Å². The number of nitrogen functional groups attached to an aromatic ring is 1. The summed E-state index contributed by atoms with van der Waals surface area (Å²) in [5, 5.41) is 8.18. The lowest BCUT2D eigenvalue weighted by Crippen LogP contribution is -1.99. The van der Waals surface area contributed by atoms with Crippen LogP contribution in [0.2, 0.25) is 0 Å². The Morgan fingerprint density at radius 1 is 1.11 bits per heavy atom. The number of nitrogens with two attached hydrogens (primary N) is 1. The summed E-state index contributed by atoms with van der Waals surface area (Å²) in [6, 6.07) is 9.79. The highest BCUT2D eigenvalue weighted by molar-refractivity contribution is 5.40. The third-order valence-electron chi connectivity index (χ3n) is 2.85. The van der Waals surface area contributed by atoms with Crippen LogP contribution in [0.15, 0.2) is 42.7 Å². The van der Waals surface area contributed by atoms with Crippen molar-refractivity contribution in [2.75, 3.05) is 5.73 Å². The van der Waals surface area contributed by atoms with Crippen molar-refractivity contribution in [1.29, 1.82) is 0 Å². The van der Waals surface area contributed by atoms with E-state index < -0.39 is 0 Å². The number of rotatable bonds is 3. The molecule has 2 N–H and O–H groups in total. The standard InChI is InChI=1S/C13H13N5/c14-11-4-1-3-10(9-11)5-6-12-16-17-13-15-7-2-8-18(12)13/h1-4,7-9H,5-6,14H2. The average molecular weight is 239 g/mol. The largest absolute Gasteiger partial charge is 0.399 e. The van der Waals surface area contributed by atoms with Gasteiger partial charge in [-0.2, -0.15) is 0 Å². The van der Waals surface area contributed by atoms with Gasteiger partial charge < -0.3 is 5.73 Å². The smallest absolute Gasteiger partial charge is 0.254 e. The fraction of sp³-hybridized carbons (Fsp3) is 0.154. The van der Waals surface area contributed by atoms with E-state index in [-0.39, 0.29) is 0 Å². The van der Waals surface area contributed by atoms with E-state index in [0.717, 1.165) is 24.4 Å². The molecule has 0 bridgehead atoms. The molecule has 2 heterocycles. The minimum atomic E-state index is 0.639. The second-order valence-electron chi connectivity index (χ2n) is 4.15. The number of aromatic nitrogens is 4. The summed E-state index contributed by atoms with van der Waals surface area (Å²) in [6.07, 6.45) is 5.35. The molecule has 3 rings (SSSR count). The van der Waals surface area contributed by atoms with Gasteiger partial charge in [0.1, 0.15) is 5.82 Å². The van der Waals surface area contributed by atoms with Crippen LogP contribution in [0.3, 0.4) is 0 Å². The first-order valence-corrected chi connectivity index (χ1v) is 5.82. The summed E-state index contributed by atoms with van der Waals surface area (Å²) in [5.74, 6) is 1.56. The Hall–Kier alpha value is -2.43. The average Bonchev–Trinajstić information content (AvgIpc) is 2.80. The fourth-order valence-corrected chi connectivity index (χ4v) is 1.96. The first-order chi connectivity index (χ1) is 8.83. The van der Waals surface area contributed by atoms with Crippen LogP contribution in [0.25, 0.3) is 5.78 Å². The van der Waals surface area contributed by atoms with E-state index in [1.807, 2.05) is 34.9 Å². The number of hydrogen-bond acceptors (Lipinski definition) is 4. The Labute approximate surface area is 104 Å². The zero-order valence-electron chi connectivity index (χ0n) is 9.82. The molecule has 18 heavy (non-hydrogen) atoms. The Morgan fingerprint density at radius 3 is 2.94 bits per heavy atom. The van der Waals surface area contributed by atoms with Crippen LogP contribution in [0, 0.1) is 0 Å². The molecule has 0 spiro atoms. The number of benzene rings is 1. The van der Waals surface area contributed by atoms with E-state index in [1.165, 1.54) is 5.56 Å². The Balaban J connectivity index is 1.81. The van der Waals surface area contributed by atoms with E-state index >= 15 is 0 Å². The van der Waals surface area contributed by atoms with Crippen molar-refractivity contribution in [3.05, 3.63) is 54.1 Å². The summed E-state index contributed by atoms with van der Waals surface area (Å²) < 4.78 is 1.91. The Morgan fingerprint density at radius 2 is 2.06 bits per heavy atom. The molecule has 3 aromatic rings. The predicted molar refractivity (Wildman–Crippen MR) is 69.0 cm³/mol. The van der Waals surface area contributed by atoms with Crippen LogP contribution in [0.5, 0.6) is 0 Å². The summed E-state index contributed by atoms with van der Waals surface area (Å²) >= 11 is 0. The van der Waals surface area contributed by atoms with Gasteiger partial charge in [-0.25, -0.2) is 4.98 Å². The first-order valence-electron chi connectivity index (χ1n) is 5.82. The number of aryl methyl sites for hydroxylation is 2. The lowest BCUT2D eigenvalue weighted by Gasteiger charge is -2.01. The van der Waals surface area contributed by atoms with Gasteiger partial charge in [-0.05, 0) is 30.2 Å². The van der Waals surface area contributed by atoms with Gasteiger partial charge >= 0.3 is 0 Å². The highest BCUT2D eigenvalue weighted by atomic mass is 15.3. The fourth-order valence-electron chi connectivity index (χ4n) is 1.96. The predicted octanol–water partition coefficient (Wildman–Crippen LogP) is 1.49. The molecule has 0 aliphatic rings. The third kappa shape index (κ3) is 2.02. The van der Waals surface area contributed by atoms with Crippen molar-refractivity contribution in [2.24, 2.45) is 0 Å². The highest BCUT2D eigenvalue weighted by Gasteiger charge is 2.05. The highest BCUT2D eigenvalue weighted by Crippen LogP contribution is 2.10. The van der Waals surface area contributed by atoms with Crippen LogP contribution in [-0.2, 0) is 12.8 Å². The number of anilines is 1. The van der Waals surface area contributed by atoms with E-state index in [0.29, 0.717) is 5.78 Å². The number of fused-ring (bicyclic) bond motifs is 1. The van der Waals surface area contributed by atoms with Crippen molar-refractivity contribution < 1.29 is 0 Å².